The molecule has 1 aliphatic heterocycles. The molecule has 0 atom stereocenters. The number of halogens is 3. The minimum Gasteiger partial charge on any atom is -0.462 e. The summed E-state index contributed by atoms with van der Waals surface area (Å²) in [6.45, 7) is 3.66. The second-order valence-electron chi connectivity index (χ2n) is 6.03. The fourth-order valence-electron chi connectivity index (χ4n) is 2.95. The zero-order valence-electron chi connectivity index (χ0n) is 15.1. The van der Waals surface area contributed by atoms with Crippen molar-refractivity contribution in [3.05, 3.63) is 79.4 Å². The summed E-state index contributed by atoms with van der Waals surface area (Å²) in [6.07, 6.45) is 1.62. The number of amides is 1. The summed E-state index contributed by atoms with van der Waals surface area (Å²) >= 11 is 15.4. The number of carbonyl (C=O) groups excluding carboxylic acids is 2. The van der Waals surface area contributed by atoms with E-state index in [-0.39, 0.29) is 23.7 Å². The number of ether oxygens (including phenoxy) is 1. The number of esters is 1. The Morgan fingerprint density at radius 2 is 1.82 bits per heavy atom. The normalized spacial score (nSPS) is 15.5. The van der Waals surface area contributed by atoms with Crippen LogP contribution in [0, 0.1) is 0 Å². The van der Waals surface area contributed by atoms with E-state index in [1.165, 1.54) is 4.90 Å². The Hall–Kier alpha value is -2.08. The molecule has 0 aliphatic carbocycles. The van der Waals surface area contributed by atoms with Gasteiger partial charge in [0.2, 0.25) is 0 Å². The summed E-state index contributed by atoms with van der Waals surface area (Å²) in [5.74, 6) is -0.853. The molecule has 0 saturated heterocycles. The van der Waals surface area contributed by atoms with Crippen LogP contribution in [0.15, 0.2) is 63.8 Å². The molecule has 144 valence electrons. The minimum atomic E-state index is -0.542. The third kappa shape index (κ3) is 4.02. The molecule has 0 aromatic heterocycles. The molecule has 1 amide bonds. The number of hydrogen-bond donors (Lipinski definition) is 0. The van der Waals surface area contributed by atoms with Crippen LogP contribution in [0.5, 0.6) is 0 Å². The monoisotopic (exact) mass is 479 g/mol. The van der Waals surface area contributed by atoms with Crippen molar-refractivity contribution in [2.75, 3.05) is 11.5 Å². The van der Waals surface area contributed by atoms with Crippen LogP contribution in [0.2, 0.25) is 10.0 Å². The Balaban J connectivity index is 2.13. The average molecular weight is 481 g/mol. The van der Waals surface area contributed by atoms with Crippen molar-refractivity contribution >= 4 is 62.8 Å². The molecule has 7 heteroatoms. The van der Waals surface area contributed by atoms with E-state index < -0.39 is 5.97 Å². The maximum absolute atomic E-state index is 13.2. The number of benzene rings is 2. The first-order chi connectivity index (χ1) is 13.3. The van der Waals surface area contributed by atoms with Gasteiger partial charge < -0.3 is 4.74 Å². The lowest BCUT2D eigenvalue weighted by molar-refractivity contribution is -0.138. The fourth-order valence-corrected chi connectivity index (χ4v) is 3.52. The molecule has 1 aliphatic rings. The molecular weight excluding hydrogens is 465 g/mol. The van der Waals surface area contributed by atoms with Gasteiger partial charge in [-0.3, -0.25) is 9.69 Å². The van der Waals surface area contributed by atoms with Crippen LogP contribution in [0.4, 0.5) is 5.69 Å². The molecule has 0 spiro atoms. The van der Waals surface area contributed by atoms with Crippen molar-refractivity contribution in [2.24, 2.45) is 0 Å². The summed E-state index contributed by atoms with van der Waals surface area (Å²) in [7, 11) is 0. The maximum Gasteiger partial charge on any atom is 0.340 e. The smallest absolute Gasteiger partial charge is 0.340 e. The SMILES string of the molecule is CCOC(=O)C1=C(C)N(c2ccc(Br)cc2)C(=O)C1=Cc1ccc(Cl)c(Cl)c1. The number of hydrogen-bond acceptors (Lipinski definition) is 3. The first-order valence-electron chi connectivity index (χ1n) is 8.48. The number of carbonyl (C=O) groups is 2. The van der Waals surface area contributed by atoms with Crippen molar-refractivity contribution in [1.29, 1.82) is 0 Å². The number of nitrogens with zero attached hydrogens (tertiary/aromatic N) is 1. The largest absolute Gasteiger partial charge is 0.462 e. The van der Waals surface area contributed by atoms with Gasteiger partial charge in [-0.05, 0) is 61.9 Å². The van der Waals surface area contributed by atoms with Gasteiger partial charge in [0.15, 0.2) is 0 Å². The van der Waals surface area contributed by atoms with E-state index in [2.05, 4.69) is 15.9 Å². The Labute approximate surface area is 181 Å². The van der Waals surface area contributed by atoms with Gasteiger partial charge in [-0.1, -0.05) is 45.2 Å². The van der Waals surface area contributed by atoms with Crippen LogP contribution < -0.4 is 4.90 Å². The van der Waals surface area contributed by atoms with E-state index in [0.29, 0.717) is 27.0 Å². The molecule has 4 nitrogen and oxygen atoms in total. The topological polar surface area (TPSA) is 46.6 Å². The summed E-state index contributed by atoms with van der Waals surface area (Å²) in [6, 6.07) is 12.3. The Bertz CT molecular complexity index is 1010. The molecule has 28 heavy (non-hydrogen) atoms. The molecule has 0 unspecified atom stereocenters. The molecule has 0 fully saturated rings. The Morgan fingerprint density at radius 1 is 1.14 bits per heavy atom. The van der Waals surface area contributed by atoms with E-state index in [9.17, 15) is 9.59 Å². The van der Waals surface area contributed by atoms with Crippen LogP contribution in [0.25, 0.3) is 6.08 Å². The second-order valence-corrected chi connectivity index (χ2v) is 7.76. The van der Waals surface area contributed by atoms with Crippen molar-refractivity contribution in [3.8, 4) is 0 Å². The number of rotatable bonds is 4. The summed E-state index contributed by atoms with van der Waals surface area (Å²) in [4.78, 5) is 27.3. The zero-order chi connectivity index (χ0) is 20.4. The first-order valence-corrected chi connectivity index (χ1v) is 10.0. The van der Waals surface area contributed by atoms with E-state index in [4.69, 9.17) is 27.9 Å². The zero-order valence-corrected chi connectivity index (χ0v) is 18.2. The highest BCUT2D eigenvalue weighted by Crippen LogP contribution is 2.36. The predicted molar refractivity (Wildman–Crippen MR) is 115 cm³/mol. The molecule has 3 rings (SSSR count). The molecule has 2 aromatic rings. The van der Waals surface area contributed by atoms with Gasteiger partial charge in [-0.2, -0.15) is 0 Å². The van der Waals surface area contributed by atoms with Crippen LogP contribution in [0.1, 0.15) is 19.4 Å². The van der Waals surface area contributed by atoms with Crippen LogP contribution >= 0.6 is 39.1 Å². The minimum absolute atomic E-state index is 0.210. The van der Waals surface area contributed by atoms with E-state index >= 15 is 0 Å². The predicted octanol–water partition coefficient (Wildman–Crippen LogP) is 6.02. The highest BCUT2D eigenvalue weighted by molar-refractivity contribution is 9.10. The molecule has 0 bridgehead atoms. The number of anilines is 1. The Morgan fingerprint density at radius 3 is 2.43 bits per heavy atom. The first kappa shape index (κ1) is 20.6. The molecule has 1 heterocycles. The highest BCUT2D eigenvalue weighted by Gasteiger charge is 2.38. The molecular formula is C21H16BrCl2NO3. The van der Waals surface area contributed by atoms with Crippen LogP contribution in [-0.4, -0.2) is 18.5 Å². The summed E-state index contributed by atoms with van der Waals surface area (Å²) in [5.41, 5.74) is 2.31. The van der Waals surface area contributed by atoms with Crippen molar-refractivity contribution < 1.29 is 14.3 Å². The van der Waals surface area contributed by atoms with Crippen LogP contribution in [0.3, 0.4) is 0 Å². The van der Waals surface area contributed by atoms with Gasteiger partial charge in [-0.15, -0.1) is 0 Å². The highest BCUT2D eigenvalue weighted by atomic mass is 79.9. The van der Waals surface area contributed by atoms with Gasteiger partial charge in [-0.25, -0.2) is 4.79 Å². The van der Waals surface area contributed by atoms with E-state index in [0.717, 1.165) is 4.47 Å². The third-order valence-corrected chi connectivity index (χ3v) is 5.49. The van der Waals surface area contributed by atoms with Crippen molar-refractivity contribution in [1.82, 2.24) is 0 Å². The lowest BCUT2D eigenvalue weighted by Gasteiger charge is -2.18. The maximum atomic E-state index is 13.2. The quantitative estimate of drug-likeness (QED) is 0.396. The standard InChI is InChI=1S/C21H16BrCl2NO3/c1-3-28-21(27)19-12(2)25(15-7-5-14(22)6-8-15)20(26)16(19)10-13-4-9-17(23)18(24)11-13/h4-11H,3H2,1-2H3. The second kappa shape index (κ2) is 8.52. The van der Waals surface area contributed by atoms with Gasteiger partial charge in [0.1, 0.15) is 0 Å². The molecule has 0 radical (unpaired) electrons. The lowest BCUT2D eigenvalue weighted by atomic mass is 10.0. The van der Waals surface area contributed by atoms with E-state index in [1.54, 1.807) is 50.3 Å². The lowest BCUT2D eigenvalue weighted by Crippen LogP contribution is -2.24. The van der Waals surface area contributed by atoms with E-state index in [1.807, 2.05) is 12.1 Å². The van der Waals surface area contributed by atoms with Gasteiger partial charge >= 0.3 is 5.97 Å². The van der Waals surface area contributed by atoms with Crippen molar-refractivity contribution in [2.45, 2.75) is 13.8 Å². The fraction of sp³-hybridized carbons (Fsp3) is 0.143. The van der Waals surface area contributed by atoms with Gasteiger partial charge in [0, 0.05) is 15.9 Å². The van der Waals surface area contributed by atoms with Gasteiger partial charge in [0.25, 0.3) is 5.91 Å². The Kier molecular flexibility index (Phi) is 6.28. The molecule has 0 N–H and O–H groups in total. The average Bonchev–Trinajstić information content (AvgIpc) is 2.89. The summed E-state index contributed by atoms with van der Waals surface area (Å²) < 4.78 is 6.08. The van der Waals surface area contributed by atoms with Crippen LogP contribution in [-0.2, 0) is 14.3 Å². The van der Waals surface area contributed by atoms with Gasteiger partial charge in [0.05, 0.1) is 27.8 Å². The summed E-state index contributed by atoms with van der Waals surface area (Å²) in [5, 5.41) is 0.778. The van der Waals surface area contributed by atoms with Crippen molar-refractivity contribution in [3.63, 3.8) is 0 Å². The molecule has 2 aromatic carbocycles. The molecule has 0 saturated carbocycles. The number of allylic oxidation sites excluding steroid dienone is 1. The third-order valence-electron chi connectivity index (χ3n) is 4.22.